The zero-order chi connectivity index (χ0) is 23.4. The average molecular weight is 483 g/mol. The second-order valence-corrected chi connectivity index (χ2v) is 13.7. The molecule has 35 heavy (non-hydrogen) atoms. The van der Waals surface area contributed by atoms with Gasteiger partial charge in [0.25, 0.3) is 0 Å². The van der Waals surface area contributed by atoms with E-state index in [1.807, 2.05) is 0 Å². The normalized spacial score (nSPS) is 45.8. The van der Waals surface area contributed by atoms with E-state index in [0.717, 1.165) is 61.2 Å². The van der Waals surface area contributed by atoms with Gasteiger partial charge in [-0.15, -0.1) is 0 Å². The first-order chi connectivity index (χ1) is 17.2. The quantitative estimate of drug-likeness (QED) is 0.517. The summed E-state index contributed by atoms with van der Waals surface area (Å²) < 4.78 is 0. The third-order valence-corrected chi connectivity index (χ3v) is 11.8. The summed E-state index contributed by atoms with van der Waals surface area (Å²) in [4.78, 5) is 22.9. The van der Waals surface area contributed by atoms with Crippen LogP contribution < -0.4 is 0 Å². The van der Waals surface area contributed by atoms with Crippen LogP contribution in [0.1, 0.15) is 89.9 Å². The van der Waals surface area contributed by atoms with Crippen LogP contribution in [0.5, 0.6) is 0 Å². The third kappa shape index (κ3) is 4.40. The van der Waals surface area contributed by atoms with Gasteiger partial charge in [-0.1, -0.05) is 19.3 Å². The molecule has 0 aromatic heterocycles. The monoisotopic (exact) mass is 482 g/mol. The van der Waals surface area contributed by atoms with Crippen molar-refractivity contribution < 1.29 is 4.79 Å². The topological polar surface area (TPSA) is 30.0 Å². The second-order valence-electron chi connectivity index (χ2n) is 13.7. The molecule has 8 heterocycles. The maximum Gasteiger partial charge on any atom is 0.222 e. The highest BCUT2D eigenvalue weighted by Crippen LogP contribution is 2.44. The lowest BCUT2D eigenvalue weighted by molar-refractivity contribution is -0.148. The van der Waals surface area contributed by atoms with Gasteiger partial charge >= 0.3 is 0 Å². The first-order valence-corrected chi connectivity index (χ1v) is 15.8. The number of fused-ring (bicyclic) bond motifs is 12. The fourth-order valence-corrected chi connectivity index (χ4v) is 10.4. The number of piperidine rings is 8. The summed E-state index contributed by atoms with van der Waals surface area (Å²) >= 11 is 0. The number of hydrogen-bond donors (Lipinski definition) is 0. The minimum Gasteiger partial charge on any atom is -0.339 e. The van der Waals surface area contributed by atoms with Crippen molar-refractivity contribution in [3.8, 4) is 0 Å². The van der Waals surface area contributed by atoms with E-state index < -0.39 is 0 Å². The molecular weight excluding hydrogens is 432 g/mol. The molecule has 0 radical (unpaired) electrons. The smallest absolute Gasteiger partial charge is 0.222 e. The van der Waals surface area contributed by atoms with Crippen LogP contribution in [-0.2, 0) is 4.79 Å². The van der Waals surface area contributed by atoms with Gasteiger partial charge < -0.3 is 4.90 Å². The Labute approximate surface area is 213 Å². The lowest BCUT2D eigenvalue weighted by Gasteiger charge is -2.57. The summed E-state index contributed by atoms with van der Waals surface area (Å²) in [5.41, 5.74) is 0. The molecule has 0 N–H and O–H groups in total. The van der Waals surface area contributed by atoms with E-state index >= 15 is 0 Å². The molecule has 8 atom stereocenters. The van der Waals surface area contributed by atoms with Crippen LogP contribution in [-0.4, -0.2) is 95.5 Å². The van der Waals surface area contributed by atoms with Gasteiger partial charge in [-0.25, -0.2) is 0 Å². The minimum absolute atomic E-state index is 0.449. The van der Waals surface area contributed by atoms with Crippen molar-refractivity contribution in [2.75, 3.05) is 45.8 Å². The van der Waals surface area contributed by atoms with E-state index in [0.29, 0.717) is 11.9 Å². The molecule has 8 rings (SSSR count). The summed E-state index contributed by atoms with van der Waals surface area (Å²) in [5.74, 6) is 4.04. The fourth-order valence-electron chi connectivity index (χ4n) is 10.4. The van der Waals surface area contributed by atoms with Gasteiger partial charge in [0.2, 0.25) is 5.91 Å². The molecule has 196 valence electrons. The highest BCUT2D eigenvalue weighted by molar-refractivity contribution is 5.77. The van der Waals surface area contributed by atoms with E-state index in [1.165, 1.54) is 110 Å². The van der Waals surface area contributed by atoms with Gasteiger partial charge in [0, 0.05) is 56.8 Å². The number of hydrogen-bond acceptors (Lipinski definition) is 4. The molecule has 8 saturated heterocycles. The molecule has 5 heteroatoms. The van der Waals surface area contributed by atoms with E-state index in [4.69, 9.17) is 0 Å². The third-order valence-electron chi connectivity index (χ3n) is 11.8. The van der Waals surface area contributed by atoms with Gasteiger partial charge in [0.15, 0.2) is 0 Å². The molecule has 8 aliphatic heterocycles. The van der Waals surface area contributed by atoms with Crippen LogP contribution in [0.25, 0.3) is 0 Å². The fraction of sp³-hybridized carbons (Fsp3) is 0.967. The Morgan fingerprint density at radius 3 is 1.43 bits per heavy atom. The summed E-state index contributed by atoms with van der Waals surface area (Å²) in [5, 5.41) is 0. The SMILES string of the molecule is C1CCN2CC3CC(CN4CCCCC34)C2C1.O=C1CCCC2C3CC(CN12)C1CCCCN1C3. The Morgan fingerprint density at radius 2 is 0.914 bits per heavy atom. The molecule has 0 saturated carbocycles. The van der Waals surface area contributed by atoms with Crippen LogP contribution in [0.3, 0.4) is 0 Å². The van der Waals surface area contributed by atoms with E-state index in [1.54, 1.807) is 6.42 Å². The van der Waals surface area contributed by atoms with Gasteiger partial charge in [0.05, 0.1) is 0 Å². The van der Waals surface area contributed by atoms with Crippen molar-refractivity contribution in [1.29, 1.82) is 0 Å². The van der Waals surface area contributed by atoms with Gasteiger partial charge in [-0.05, 0) is 108 Å². The largest absolute Gasteiger partial charge is 0.339 e. The van der Waals surface area contributed by atoms with Crippen molar-refractivity contribution in [3.63, 3.8) is 0 Å². The van der Waals surface area contributed by atoms with Crippen LogP contribution in [0.2, 0.25) is 0 Å². The Kier molecular flexibility index (Phi) is 6.64. The first-order valence-electron chi connectivity index (χ1n) is 15.8. The molecule has 0 spiro atoms. The Balaban J connectivity index is 0.000000120. The van der Waals surface area contributed by atoms with Gasteiger partial charge in [-0.2, -0.15) is 0 Å². The molecule has 8 fully saturated rings. The maximum absolute atomic E-state index is 12.1. The predicted octanol–water partition coefficient (Wildman–Crippen LogP) is 4.22. The van der Waals surface area contributed by atoms with Crippen molar-refractivity contribution in [3.05, 3.63) is 0 Å². The molecular formula is C30H50N4O. The molecule has 0 aromatic rings. The molecule has 0 aliphatic carbocycles. The van der Waals surface area contributed by atoms with Gasteiger partial charge in [-0.3, -0.25) is 19.5 Å². The average Bonchev–Trinajstić information content (AvgIpc) is 2.90. The van der Waals surface area contributed by atoms with Crippen LogP contribution >= 0.6 is 0 Å². The summed E-state index contributed by atoms with van der Waals surface area (Å²) in [6.45, 7) is 9.34. The standard InChI is InChI=1S/C15H24N2O.C15H26N2/c18-15-6-3-5-14-11-8-12(10-17(14)15)13-4-1-2-7-16(13)9-11;1-3-7-16-11-13-9-12(14(16)5-1)10-17-8-4-2-6-15(13)17/h11-14H,1-10H2;12-15H,1-11H2. The number of nitrogens with zero attached hydrogens (tertiary/aromatic N) is 4. The maximum atomic E-state index is 12.1. The zero-order valence-electron chi connectivity index (χ0n) is 22.2. The van der Waals surface area contributed by atoms with Gasteiger partial charge in [0.1, 0.15) is 0 Å². The Bertz CT molecular complexity index is 745. The molecule has 0 aromatic carbocycles. The first kappa shape index (κ1) is 23.5. The predicted molar refractivity (Wildman–Crippen MR) is 140 cm³/mol. The summed E-state index contributed by atoms with van der Waals surface area (Å²) in [6.07, 6.45) is 19.2. The number of rotatable bonds is 0. The second kappa shape index (κ2) is 9.91. The van der Waals surface area contributed by atoms with Crippen LogP contribution in [0.15, 0.2) is 0 Å². The van der Waals surface area contributed by atoms with Crippen LogP contribution in [0, 0.1) is 23.7 Å². The lowest BCUT2D eigenvalue weighted by Crippen LogP contribution is -2.64. The van der Waals surface area contributed by atoms with Crippen molar-refractivity contribution in [2.24, 2.45) is 23.7 Å². The summed E-state index contributed by atoms with van der Waals surface area (Å²) in [6, 6.07) is 3.31. The minimum atomic E-state index is 0.449. The number of carbonyl (C=O) groups is 1. The summed E-state index contributed by atoms with van der Waals surface area (Å²) in [7, 11) is 0. The van der Waals surface area contributed by atoms with E-state index in [9.17, 15) is 4.79 Å². The molecule has 5 nitrogen and oxygen atoms in total. The van der Waals surface area contributed by atoms with E-state index in [2.05, 4.69) is 19.6 Å². The van der Waals surface area contributed by atoms with Crippen molar-refractivity contribution in [1.82, 2.24) is 19.6 Å². The number of amides is 1. The van der Waals surface area contributed by atoms with Crippen molar-refractivity contribution in [2.45, 2.75) is 114 Å². The molecule has 8 aliphatic rings. The molecule has 8 unspecified atom stereocenters. The Hall–Kier alpha value is -0.650. The van der Waals surface area contributed by atoms with Crippen molar-refractivity contribution >= 4 is 5.91 Å². The van der Waals surface area contributed by atoms with Crippen LogP contribution in [0.4, 0.5) is 0 Å². The lowest BCUT2D eigenvalue weighted by atomic mass is 9.71. The zero-order valence-corrected chi connectivity index (χ0v) is 22.2. The highest BCUT2D eigenvalue weighted by atomic mass is 16.2. The molecule has 1 amide bonds. The highest BCUT2D eigenvalue weighted by Gasteiger charge is 2.48. The van der Waals surface area contributed by atoms with E-state index in [-0.39, 0.29) is 0 Å². The number of carbonyl (C=O) groups excluding carboxylic acids is 1. The molecule has 4 bridgehead atoms. The Morgan fingerprint density at radius 1 is 0.486 bits per heavy atom.